The molecule has 1 atom stereocenters. The van der Waals surface area contributed by atoms with Crippen molar-refractivity contribution in [2.24, 2.45) is 0 Å². The SMILES string of the molecule is Cc1ccc(-c2nnn(CC(=O)N(Cc3cccs3)[C@H](C(=O)NC(C)(C)C)c3ccco3)n2)o1. The number of carbonyl (C=O) groups excluding carboxylic acids is 2. The molecule has 0 aliphatic carbocycles. The Morgan fingerprint density at radius 3 is 2.65 bits per heavy atom. The summed E-state index contributed by atoms with van der Waals surface area (Å²) in [6, 6.07) is 9.76. The van der Waals surface area contributed by atoms with Crippen molar-refractivity contribution in [3.8, 4) is 11.6 Å². The zero-order chi connectivity index (χ0) is 24.3. The van der Waals surface area contributed by atoms with E-state index in [1.165, 1.54) is 27.3 Å². The first-order chi connectivity index (χ1) is 16.2. The smallest absolute Gasteiger partial charge is 0.251 e. The molecule has 1 N–H and O–H groups in total. The first-order valence-electron chi connectivity index (χ1n) is 10.7. The lowest BCUT2D eigenvalue weighted by Gasteiger charge is -2.32. The lowest BCUT2D eigenvalue weighted by atomic mass is 10.1. The predicted molar refractivity (Wildman–Crippen MR) is 124 cm³/mol. The van der Waals surface area contributed by atoms with Crippen LogP contribution in [0.3, 0.4) is 0 Å². The van der Waals surface area contributed by atoms with Crippen molar-refractivity contribution in [2.45, 2.75) is 52.4 Å². The van der Waals surface area contributed by atoms with E-state index in [1.54, 1.807) is 24.3 Å². The summed E-state index contributed by atoms with van der Waals surface area (Å²) in [4.78, 5) is 30.5. The van der Waals surface area contributed by atoms with Crippen molar-refractivity contribution in [1.82, 2.24) is 30.4 Å². The largest absolute Gasteiger partial charge is 0.467 e. The summed E-state index contributed by atoms with van der Waals surface area (Å²) >= 11 is 1.50. The summed E-state index contributed by atoms with van der Waals surface area (Å²) in [5.41, 5.74) is -0.497. The molecule has 34 heavy (non-hydrogen) atoms. The first kappa shape index (κ1) is 23.4. The van der Waals surface area contributed by atoms with Crippen molar-refractivity contribution >= 4 is 23.2 Å². The van der Waals surface area contributed by atoms with Crippen LogP contribution in [-0.4, -0.2) is 42.5 Å². The number of aryl methyl sites for hydroxylation is 1. The van der Waals surface area contributed by atoms with Gasteiger partial charge in [0.1, 0.15) is 18.1 Å². The van der Waals surface area contributed by atoms with Crippen LogP contribution in [0.4, 0.5) is 0 Å². The maximum atomic E-state index is 13.6. The van der Waals surface area contributed by atoms with Crippen LogP contribution >= 0.6 is 11.3 Å². The molecule has 0 spiro atoms. The van der Waals surface area contributed by atoms with Gasteiger partial charge in [-0.25, -0.2) is 0 Å². The summed E-state index contributed by atoms with van der Waals surface area (Å²) < 4.78 is 11.1. The number of rotatable bonds is 8. The Bertz CT molecular complexity index is 1240. The lowest BCUT2D eigenvalue weighted by molar-refractivity contribution is -0.143. The van der Waals surface area contributed by atoms with Gasteiger partial charge in [0, 0.05) is 10.4 Å². The minimum atomic E-state index is -0.973. The van der Waals surface area contributed by atoms with Crippen LogP contribution < -0.4 is 5.32 Å². The molecule has 2 amide bonds. The average Bonchev–Trinajstić information content (AvgIpc) is 3.55. The van der Waals surface area contributed by atoms with Gasteiger partial charge in [0.2, 0.25) is 11.7 Å². The van der Waals surface area contributed by atoms with E-state index < -0.39 is 11.6 Å². The lowest BCUT2D eigenvalue weighted by Crippen LogP contribution is -2.49. The number of nitrogens with one attached hydrogen (secondary N) is 1. The summed E-state index contributed by atoms with van der Waals surface area (Å²) in [6.45, 7) is 7.47. The highest BCUT2D eigenvalue weighted by atomic mass is 32.1. The van der Waals surface area contributed by atoms with Gasteiger partial charge in [0.15, 0.2) is 11.8 Å². The van der Waals surface area contributed by atoms with Gasteiger partial charge in [-0.05, 0) is 68.6 Å². The summed E-state index contributed by atoms with van der Waals surface area (Å²) in [5.74, 6) is 1.12. The van der Waals surface area contributed by atoms with Crippen molar-refractivity contribution in [2.75, 3.05) is 0 Å². The van der Waals surface area contributed by atoms with Gasteiger partial charge in [0.25, 0.3) is 5.91 Å². The second-order valence-electron chi connectivity index (χ2n) is 8.81. The highest BCUT2D eigenvalue weighted by molar-refractivity contribution is 7.09. The molecule has 0 aliphatic rings. The van der Waals surface area contributed by atoms with Crippen molar-refractivity contribution in [3.05, 3.63) is 64.4 Å². The molecule has 0 aromatic carbocycles. The number of tetrazole rings is 1. The third kappa shape index (κ3) is 5.60. The molecule has 4 aromatic heterocycles. The molecule has 10 nitrogen and oxygen atoms in total. The van der Waals surface area contributed by atoms with Crippen molar-refractivity contribution in [1.29, 1.82) is 0 Å². The number of hydrogen-bond donors (Lipinski definition) is 1. The van der Waals surface area contributed by atoms with Crippen molar-refractivity contribution < 1.29 is 18.4 Å². The molecule has 0 saturated carbocycles. The van der Waals surface area contributed by atoms with Gasteiger partial charge in [-0.3, -0.25) is 9.59 Å². The fraction of sp³-hybridized carbons (Fsp3) is 0.348. The van der Waals surface area contributed by atoms with Crippen LogP contribution in [0.25, 0.3) is 11.6 Å². The molecule has 4 heterocycles. The Labute approximate surface area is 200 Å². The van der Waals surface area contributed by atoms with Gasteiger partial charge < -0.3 is 19.1 Å². The third-order valence-electron chi connectivity index (χ3n) is 4.79. The number of furan rings is 2. The number of nitrogens with zero attached hydrogens (tertiary/aromatic N) is 5. The quantitative estimate of drug-likeness (QED) is 0.408. The number of aromatic nitrogens is 4. The Morgan fingerprint density at radius 2 is 2.03 bits per heavy atom. The van der Waals surface area contributed by atoms with E-state index in [0.29, 0.717) is 11.5 Å². The highest BCUT2D eigenvalue weighted by Gasteiger charge is 2.35. The zero-order valence-electron chi connectivity index (χ0n) is 19.4. The predicted octanol–water partition coefficient (Wildman–Crippen LogP) is 3.58. The average molecular weight is 483 g/mol. The van der Waals surface area contributed by atoms with E-state index in [0.717, 1.165) is 10.6 Å². The molecule has 0 saturated heterocycles. The molecule has 11 heteroatoms. The zero-order valence-corrected chi connectivity index (χ0v) is 20.2. The van der Waals surface area contributed by atoms with Gasteiger partial charge in [0.05, 0.1) is 12.8 Å². The fourth-order valence-corrected chi connectivity index (χ4v) is 4.08. The van der Waals surface area contributed by atoms with Crippen LogP contribution in [0.1, 0.15) is 43.2 Å². The second-order valence-corrected chi connectivity index (χ2v) is 9.84. The molecule has 0 fully saturated rings. The molecule has 0 radical (unpaired) electrons. The van der Waals surface area contributed by atoms with E-state index >= 15 is 0 Å². The molecule has 4 aromatic rings. The highest BCUT2D eigenvalue weighted by Crippen LogP contribution is 2.27. The van der Waals surface area contributed by atoms with Crippen molar-refractivity contribution in [3.63, 3.8) is 0 Å². The van der Waals surface area contributed by atoms with Gasteiger partial charge in [-0.1, -0.05) is 6.07 Å². The molecular formula is C23H26N6O4S. The second kappa shape index (κ2) is 9.64. The molecule has 178 valence electrons. The minimum Gasteiger partial charge on any atom is -0.467 e. The number of carbonyl (C=O) groups is 2. The standard InChI is InChI=1S/C23H26N6O4S/c1-15-9-10-18(33-15)21-25-27-29(26-21)14-19(30)28(13-16-7-6-12-34-16)20(17-8-5-11-32-17)22(31)24-23(2,3)4/h5-12,20H,13-14H2,1-4H3,(H,24,31)/t20-/m0/s1. The molecular weight excluding hydrogens is 456 g/mol. The Morgan fingerprint density at radius 1 is 1.21 bits per heavy atom. The van der Waals surface area contributed by atoms with Crippen LogP contribution in [0.5, 0.6) is 0 Å². The number of thiophene rings is 1. The Balaban J connectivity index is 1.63. The number of hydrogen-bond acceptors (Lipinski definition) is 8. The van der Waals surface area contributed by atoms with E-state index in [4.69, 9.17) is 8.83 Å². The summed E-state index contributed by atoms with van der Waals surface area (Å²) in [5, 5.41) is 17.1. The third-order valence-corrected chi connectivity index (χ3v) is 5.65. The van der Waals surface area contributed by atoms with E-state index in [2.05, 4.69) is 20.7 Å². The van der Waals surface area contributed by atoms with Gasteiger partial charge >= 0.3 is 0 Å². The van der Waals surface area contributed by atoms with E-state index in [1.807, 2.05) is 45.2 Å². The van der Waals surface area contributed by atoms with Gasteiger partial charge in [-0.15, -0.1) is 21.5 Å². The van der Waals surface area contributed by atoms with E-state index in [9.17, 15) is 9.59 Å². The van der Waals surface area contributed by atoms with Crippen LogP contribution in [0.2, 0.25) is 0 Å². The number of amides is 2. The topological polar surface area (TPSA) is 119 Å². The Kier molecular flexibility index (Phi) is 6.64. The van der Waals surface area contributed by atoms with E-state index in [-0.39, 0.29) is 30.7 Å². The molecule has 0 aliphatic heterocycles. The van der Waals surface area contributed by atoms with Crippen LogP contribution in [0.15, 0.2) is 56.9 Å². The minimum absolute atomic E-state index is 0.210. The maximum Gasteiger partial charge on any atom is 0.251 e. The maximum absolute atomic E-state index is 13.6. The molecule has 0 bridgehead atoms. The van der Waals surface area contributed by atoms with Crippen LogP contribution in [0, 0.1) is 6.92 Å². The normalized spacial score (nSPS) is 12.5. The first-order valence-corrected chi connectivity index (χ1v) is 11.6. The Hall–Kier alpha value is -3.73. The molecule has 0 unspecified atom stereocenters. The molecule has 4 rings (SSSR count). The fourth-order valence-electron chi connectivity index (χ4n) is 3.38. The van der Waals surface area contributed by atoms with Crippen LogP contribution in [-0.2, 0) is 22.7 Å². The summed E-state index contributed by atoms with van der Waals surface area (Å²) in [7, 11) is 0. The summed E-state index contributed by atoms with van der Waals surface area (Å²) in [6.07, 6.45) is 1.48. The van der Waals surface area contributed by atoms with Gasteiger partial charge in [-0.2, -0.15) is 4.80 Å². The monoisotopic (exact) mass is 482 g/mol.